The minimum atomic E-state index is -0.508. The predicted octanol–water partition coefficient (Wildman–Crippen LogP) is 3.02. The Hall–Kier alpha value is -2.44. The second-order valence-electron chi connectivity index (χ2n) is 4.75. The molecule has 0 radical (unpaired) electrons. The molecule has 0 fully saturated rings. The Labute approximate surface area is 137 Å². The molecule has 0 saturated carbocycles. The third-order valence-electron chi connectivity index (χ3n) is 2.96. The first-order chi connectivity index (χ1) is 11.0. The van der Waals surface area contributed by atoms with E-state index in [0.29, 0.717) is 16.4 Å². The van der Waals surface area contributed by atoms with Crippen LogP contribution in [0.25, 0.3) is 0 Å². The maximum atomic E-state index is 13.2. The first kappa shape index (κ1) is 16.9. The van der Waals surface area contributed by atoms with Crippen molar-refractivity contribution in [3.8, 4) is 0 Å². The van der Waals surface area contributed by atoms with Crippen LogP contribution in [-0.4, -0.2) is 18.4 Å². The fourth-order valence-corrected chi connectivity index (χ4v) is 2.04. The molecule has 0 aliphatic heterocycles. The van der Waals surface area contributed by atoms with E-state index in [1.165, 1.54) is 24.3 Å². The predicted molar refractivity (Wildman–Crippen MR) is 88.1 cm³/mol. The van der Waals surface area contributed by atoms with E-state index in [2.05, 4.69) is 10.6 Å². The number of nitrogens with two attached hydrogens (primary N) is 1. The molecule has 23 heavy (non-hydrogen) atoms. The normalized spacial score (nSPS) is 10.2. The quantitative estimate of drug-likeness (QED) is 0.785. The highest BCUT2D eigenvalue weighted by Crippen LogP contribution is 2.26. The summed E-state index contributed by atoms with van der Waals surface area (Å²) in [5, 5.41) is 5.53. The topological polar surface area (TPSA) is 84.2 Å². The molecule has 2 aromatic rings. The maximum absolute atomic E-state index is 13.2. The average molecular weight is 336 g/mol. The van der Waals surface area contributed by atoms with E-state index in [0.717, 1.165) is 6.07 Å². The Bertz CT molecular complexity index is 737. The molecular weight excluding hydrogens is 321 g/mol. The fraction of sp³-hybridized carbons (Fsp3) is 0.125. The SMILES string of the molecule is NCCC(=O)Nc1ccc(Cl)c(NC(=O)c2cccc(F)c2)c1. The Balaban J connectivity index is 2.15. The van der Waals surface area contributed by atoms with Gasteiger partial charge in [-0.2, -0.15) is 0 Å². The lowest BCUT2D eigenvalue weighted by atomic mass is 10.2. The lowest BCUT2D eigenvalue weighted by Crippen LogP contribution is -2.17. The van der Waals surface area contributed by atoms with Crippen molar-refractivity contribution in [3.63, 3.8) is 0 Å². The van der Waals surface area contributed by atoms with Gasteiger partial charge in [0.05, 0.1) is 10.7 Å². The van der Waals surface area contributed by atoms with Gasteiger partial charge in [0.25, 0.3) is 5.91 Å². The van der Waals surface area contributed by atoms with Crippen molar-refractivity contribution in [3.05, 3.63) is 58.9 Å². The molecule has 2 aromatic carbocycles. The van der Waals surface area contributed by atoms with Crippen LogP contribution in [0.15, 0.2) is 42.5 Å². The zero-order valence-corrected chi connectivity index (χ0v) is 12.9. The van der Waals surface area contributed by atoms with Crippen LogP contribution in [0, 0.1) is 5.82 Å². The van der Waals surface area contributed by atoms with Crippen LogP contribution in [0.1, 0.15) is 16.8 Å². The van der Waals surface area contributed by atoms with Gasteiger partial charge in [0.1, 0.15) is 5.82 Å². The Morgan fingerprint density at radius 2 is 1.91 bits per heavy atom. The van der Waals surface area contributed by atoms with E-state index in [1.807, 2.05) is 0 Å². The standard InChI is InChI=1S/C16H15ClFN3O2/c17-13-5-4-12(20-15(22)6-7-19)9-14(13)21-16(23)10-2-1-3-11(18)8-10/h1-5,8-9H,6-7,19H2,(H,20,22)(H,21,23). The summed E-state index contributed by atoms with van der Waals surface area (Å²) in [6.45, 7) is 0.239. The minimum absolute atomic E-state index is 0.165. The summed E-state index contributed by atoms with van der Waals surface area (Å²) in [5.41, 5.74) is 6.26. The zero-order chi connectivity index (χ0) is 16.8. The minimum Gasteiger partial charge on any atom is -0.330 e. The van der Waals surface area contributed by atoms with Crippen molar-refractivity contribution in [1.29, 1.82) is 0 Å². The van der Waals surface area contributed by atoms with Crippen LogP contribution < -0.4 is 16.4 Å². The molecule has 0 unspecified atom stereocenters. The van der Waals surface area contributed by atoms with Crippen LogP contribution in [0.4, 0.5) is 15.8 Å². The van der Waals surface area contributed by atoms with Gasteiger partial charge in [-0.15, -0.1) is 0 Å². The molecular formula is C16H15ClFN3O2. The lowest BCUT2D eigenvalue weighted by molar-refractivity contribution is -0.116. The molecule has 0 atom stereocenters. The Kier molecular flexibility index (Phi) is 5.67. The van der Waals surface area contributed by atoms with E-state index >= 15 is 0 Å². The van der Waals surface area contributed by atoms with E-state index < -0.39 is 11.7 Å². The van der Waals surface area contributed by atoms with Crippen molar-refractivity contribution < 1.29 is 14.0 Å². The van der Waals surface area contributed by atoms with Gasteiger partial charge in [0.15, 0.2) is 0 Å². The van der Waals surface area contributed by atoms with Gasteiger partial charge < -0.3 is 16.4 Å². The number of hydrogen-bond donors (Lipinski definition) is 3. The van der Waals surface area contributed by atoms with Crippen LogP contribution in [0.5, 0.6) is 0 Å². The number of amides is 2. The third-order valence-corrected chi connectivity index (χ3v) is 3.29. The highest BCUT2D eigenvalue weighted by Gasteiger charge is 2.11. The van der Waals surface area contributed by atoms with Gasteiger partial charge in [-0.05, 0) is 36.4 Å². The first-order valence-corrected chi connectivity index (χ1v) is 7.24. The summed E-state index contributed by atoms with van der Waals surface area (Å²) in [5.74, 6) is -1.25. The zero-order valence-electron chi connectivity index (χ0n) is 12.1. The second kappa shape index (κ2) is 7.71. The van der Waals surface area contributed by atoms with Gasteiger partial charge in [0.2, 0.25) is 5.91 Å². The monoisotopic (exact) mass is 335 g/mol. The molecule has 0 aliphatic rings. The van der Waals surface area contributed by atoms with Crippen LogP contribution >= 0.6 is 11.6 Å². The van der Waals surface area contributed by atoms with Crippen molar-refractivity contribution in [2.45, 2.75) is 6.42 Å². The summed E-state index contributed by atoms with van der Waals surface area (Å²) < 4.78 is 13.2. The van der Waals surface area contributed by atoms with Crippen LogP contribution in [0.3, 0.4) is 0 Å². The molecule has 5 nitrogen and oxygen atoms in total. The number of rotatable bonds is 5. The molecule has 7 heteroatoms. The number of hydrogen-bond acceptors (Lipinski definition) is 3. The van der Waals surface area contributed by atoms with Crippen LogP contribution in [0.2, 0.25) is 5.02 Å². The second-order valence-corrected chi connectivity index (χ2v) is 5.15. The summed E-state index contributed by atoms with van der Waals surface area (Å²) >= 11 is 6.04. The molecule has 0 saturated heterocycles. The molecule has 120 valence electrons. The van der Waals surface area contributed by atoms with E-state index in [9.17, 15) is 14.0 Å². The van der Waals surface area contributed by atoms with Crippen LogP contribution in [-0.2, 0) is 4.79 Å². The maximum Gasteiger partial charge on any atom is 0.255 e. The smallest absolute Gasteiger partial charge is 0.255 e. The molecule has 2 rings (SSSR count). The van der Waals surface area contributed by atoms with Crippen molar-refractivity contribution in [2.75, 3.05) is 17.2 Å². The number of anilines is 2. The number of carbonyl (C=O) groups is 2. The molecule has 4 N–H and O–H groups in total. The van der Waals surface area contributed by atoms with Crippen molar-refractivity contribution >= 4 is 34.8 Å². The molecule has 0 heterocycles. The Morgan fingerprint density at radius 1 is 1.13 bits per heavy atom. The molecule has 0 aromatic heterocycles. The van der Waals surface area contributed by atoms with Crippen molar-refractivity contribution in [1.82, 2.24) is 0 Å². The fourth-order valence-electron chi connectivity index (χ4n) is 1.88. The first-order valence-electron chi connectivity index (χ1n) is 6.86. The number of benzene rings is 2. The summed E-state index contributed by atoms with van der Waals surface area (Å²) in [4.78, 5) is 23.7. The number of nitrogens with one attached hydrogen (secondary N) is 2. The molecule has 0 aliphatic carbocycles. The summed E-state index contributed by atoms with van der Waals surface area (Å²) in [7, 11) is 0. The molecule has 0 bridgehead atoms. The highest BCUT2D eigenvalue weighted by molar-refractivity contribution is 6.34. The Morgan fingerprint density at radius 3 is 2.61 bits per heavy atom. The van der Waals surface area contributed by atoms with E-state index in [-0.39, 0.29) is 24.4 Å². The van der Waals surface area contributed by atoms with Gasteiger partial charge in [-0.25, -0.2) is 4.39 Å². The third kappa shape index (κ3) is 4.77. The molecule has 2 amide bonds. The van der Waals surface area contributed by atoms with Gasteiger partial charge in [-0.1, -0.05) is 17.7 Å². The summed E-state index contributed by atoms with van der Waals surface area (Å²) in [6.07, 6.45) is 0.188. The molecule has 0 spiro atoms. The van der Waals surface area contributed by atoms with Gasteiger partial charge in [0, 0.05) is 24.2 Å². The van der Waals surface area contributed by atoms with E-state index in [4.69, 9.17) is 17.3 Å². The number of carbonyl (C=O) groups excluding carboxylic acids is 2. The summed E-state index contributed by atoms with van der Waals surface area (Å²) in [6, 6.07) is 9.96. The highest BCUT2D eigenvalue weighted by atomic mass is 35.5. The van der Waals surface area contributed by atoms with Crippen molar-refractivity contribution in [2.24, 2.45) is 5.73 Å². The van der Waals surface area contributed by atoms with E-state index in [1.54, 1.807) is 12.1 Å². The van der Waals surface area contributed by atoms with Gasteiger partial charge >= 0.3 is 0 Å². The van der Waals surface area contributed by atoms with Gasteiger partial charge in [-0.3, -0.25) is 9.59 Å². The lowest BCUT2D eigenvalue weighted by Gasteiger charge is -2.10. The largest absolute Gasteiger partial charge is 0.330 e. The number of halogens is 2. The average Bonchev–Trinajstić information content (AvgIpc) is 2.51.